The zero-order chi connectivity index (χ0) is 14.6. The van der Waals surface area contributed by atoms with E-state index in [2.05, 4.69) is 5.32 Å². The molecular weight excluding hydrogens is 256 g/mol. The molecule has 0 saturated carbocycles. The van der Waals surface area contributed by atoms with E-state index >= 15 is 0 Å². The molecule has 19 heavy (non-hydrogen) atoms. The summed E-state index contributed by atoms with van der Waals surface area (Å²) in [7, 11) is 1.58. The van der Waals surface area contributed by atoms with Gasteiger partial charge in [-0.1, -0.05) is 0 Å². The SMILES string of the molecule is CNCC(O)C(O)c1ccc([N+](=O)[O-])c(C(=O)O)c1. The van der Waals surface area contributed by atoms with E-state index < -0.39 is 34.4 Å². The van der Waals surface area contributed by atoms with Crippen LogP contribution in [-0.2, 0) is 0 Å². The van der Waals surface area contributed by atoms with E-state index in [1.54, 1.807) is 7.05 Å². The summed E-state index contributed by atoms with van der Waals surface area (Å²) in [5.41, 5.74) is -0.990. The van der Waals surface area contributed by atoms with Crippen LogP contribution in [-0.4, -0.2) is 45.9 Å². The molecule has 0 aliphatic rings. The molecule has 0 aromatic heterocycles. The third-order valence-corrected chi connectivity index (χ3v) is 2.57. The summed E-state index contributed by atoms with van der Waals surface area (Å²) < 4.78 is 0. The molecule has 104 valence electrons. The second-order valence-electron chi connectivity index (χ2n) is 3.91. The van der Waals surface area contributed by atoms with Crippen molar-refractivity contribution in [1.29, 1.82) is 0 Å². The molecule has 0 radical (unpaired) electrons. The molecule has 8 nitrogen and oxygen atoms in total. The number of carboxylic acid groups (broad SMARTS) is 1. The lowest BCUT2D eigenvalue weighted by atomic mass is 10.0. The topological polar surface area (TPSA) is 133 Å². The van der Waals surface area contributed by atoms with Gasteiger partial charge in [-0.15, -0.1) is 0 Å². The lowest BCUT2D eigenvalue weighted by Crippen LogP contribution is -2.29. The van der Waals surface area contributed by atoms with Crippen molar-refractivity contribution < 1.29 is 25.0 Å². The fraction of sp³-hybridized carbons (Fsp3) is 0.364. The molecule has 2 atom stereocenters. The Balaban J connectivity index is 3.15. The van der Waals surface area contributed by atoms with E-state index in [1.165, 1.54) is 6.07 Å². The minimum absolute atomic E-state index is 0.0978. The highest BCUT2D eigenvalue weighted by molar-refractivity contribution is 5.92. The minimum atomic E-state index is -1.47. The Bertz CT molecular complexity index is 490. The Kier molecular flexibility index (Phi) is 4.93. The molecule has 0 aliphatic carbocycles. The number of aliphatic hydroxyl groups excluding tert-OH is 2. The average molecular weight is 270 g/mol. The van der Waals surface area contributed by atoms with Crippen molar-refractivity contribution in [2.75, 3.05) is 13.6 Å². The Hall–Kier alpha value is -2.03. The zero-order valence-corrected chi connectivity index (χ0v) is 10.1. The fourth-order valence-electron chi connectivity index (χ4n) is 1.61. The van der Waals surface area contributed by atoms with Crippen LogP contribution >= 0.6 is 0 Å². The number of likely N-dealkylation sites (N-methyl/N-ethyl adjacent to an activating group) is 1. The summed E-state index contributed by atoms with van der Waals surface area (Å²) in [6.07, 6.45) is -2.47. The van der Waals surface area contributed by atoms with Gasteiger partial charge in [-0.05, 0) is 24.7 Å². The van der Waals surface area contributed by atoms with Gasteiger partial charge in [0.15, 0.2) is 0 Å². The first-order chi connectivity index (χ1) is 8.88. The molecule has 0 spiro atoms. The van der Waals surface area contributed by atoms with E-state index in [0.717, 1.165) is 12.1 Å². The quantitative estimate of drug-likeness (QED) is 0.419. The lowest BCUT2D eigenvalue weighted by molar-refractivity contribution is -0.385. The van der Waals surface area contributed by atoms with Crippen molar-refractivity contribution in [3.05, 3.63) is 39.4 Å². The summed E-state index contributed by atoms with van der Waals surface area (Å²) in [4.78, 5) is 20.8. The maximum absolute atomic E-state index is 10.9. The summed E-state index contributed by atoms with van der Waals surface area (Å²) in [5, 5.41) is 41.6. The van der Waals surface area contributed by atoms with Gasteiger partial charge in [0.05, 0.1) is 11.0 Å². The van der Waals surface area contributed by atoms with Gasteiger partial charge in [-0.3, -0.25) is 10.1 Å². The molecule has 0 bridgehead atoms. The smallest absolute Gasteiger partial charge is 0.342 e. The second kappa shape index (κ2) is 6.23. The summed E-state index contributed by atoms with van der Waals surface area (Å²) in [6, 6.07) is 3.20. The number of carboxylic acids is 1. The number of hydrogen-bond acceptors (Lipinski definition) is 6. The minimum Gasteiger partial charge on any atom is -0.477 e. The average Bonchev–Trinajstić information content (AvgIpc) is 2.37. The van der Waals surface area contributed by atoms with E-state index in [-0.39, 0.29) is 12.1 Å². The van der Waals surface area contributed by atoms with Crippen LogP contribution in [0.4, 0.5) is 5.69 Å². The number of aliphatic hydroxyl groups is 2. The number of nitrogens with zero attached hydrogens (tertiary/aromatic N) is 1. The van der Waals surface area contributed by atoms with E-state index in [0.29, 0.717) is 0 Å². The number of hydrogen-bond donors (Lipinski definition) is 4. The third kappa shape index (κ3) is 3.47. The van der Waals surface area contributed by atoms with Crippen molar-refractivity contribution in [1.82, 2.24) is 5.32 Å². The van der Waals surface area contributed by atoms with Gasteiger partial charge in [0.2, 0.25) is 0 Å². The normalized spacial score (nSPS) is 13.8. The molecule has 1 aromatic rings. The summed E-state index contributed by atoms with van der Waals surface area (Å²) in [6.45, 7) is 0.0978. The molecule has 0 saturated heterocycles. The number of aromatic carboxylic acids is 1. The third-order valence-electron chi connectivity index (χ3n) is 2.57. The van der Waals surface area contributed by atoms with E-state index in [1.807, 2.05) is 0 Å². The molecule has 0 aliphatic heterocycles. The van der Waals surface area contributed by atoms with Crippen molar-refractivity contribution in [3.63, 3.8) is 0 Å². The number of nitro groups is 1. The van der Waals surface area contributed by atoms with Crippen LogP contribution < -0.4 is 5.32 Å². The van der Waals surface area contributed by atoms with Crippen molar-refractivity contribution >= 4 is 11.7 Å². The zero-order valence-electron chi connectivity index (χ0n) is 10.1. The fourth-order valence-corrected chi connectivity index (χ4v) is 1.61. The highest BCUT2D eigenvalue weighted by atomic mass is 16.6. The molecule has 4 N–H and O–H groups in total. The number of benzene rings is 1. The van der Waals surface area contributed by atoms with Gasteiger partial charge in [0.1, 0.15) is 11.7 Å². The van der Waals surface area contributed by atoms with Crippen molar-refractivity contribution in [2.45, 2.75) is 12.2 Å². The summed E-state index contributed by atoms with van der Waals surface area (Å²) in [5.74, 6) is -1.47. The molecule has 0 fully saturated rings. The van der Waals surface area contributed by atoms with Gasteiger partial charge in [0.25, 0.3) is 5.69 Å². The number of rotatable bonds is 6. The molecule has 0 heterocycles. The van der Waals surface area contributed by atoms with E-state index in [9.17, 15) is 25.1 Å². The Morgan fingerprint density at radius 2 is 2.11 bits per heavy atom. The molecule has 8 heteroatoms. The molecule has 0 amide bonds. The summed E-state index contributed by atoms with van der Waals surface area (Å²) >= 11 is 0. The maximum atomic E-state index is 10.9. The van der Waals surface area contributed by atoms with Crippen LogP contribution in [0.5, 0.6) is 0 Å². The predicted molar refractivity (Wildman–Crippen MR) is 64.9 cm³/mol. The molecular formula is C11H14N2O6. The van der Waals surface area contributed by atoms with Crippen LogP contribution in [0.2, 0.25) is 0 Å². The second-order valence-corrected chi connectivity index (χ2v) is 3.91. The number of nitrogens with one attached hydrogen (secondary N) is 1. The largest absolute Gasteiger partial charge is 0.477 e. The van der Waals surface area contributed by atoms with Crippen molar-refractivity contribution in [3.8, 4) is 0 Å². The maximum Gasteiger partial charge on any atom is 0.342 e. The molecule has 2 unspecified atom stereocenters. The first kappa shape index (κ1) is 15.0. The predicted octanol–water partition coefficient (Wildman–Crippen LogP) is -0.0933. The number of nitro benzene ring substituents is 1. The highest BCUT2D eigenvalue weighted by Gasteiger charge is 2.24. The highest BCUT2D eigenvalue weighted by Crippen LogP contribution is 2.25. The van der Waals surface area contributed by atoms with Crippen molar-refractivity contribution in [2.24, 2.45) is 0 Å². The van der Waals surface area contributed by atoms with Gasteiger partial charge in [-0.2, -0.15) is 0 Å². The van der Waals surface area contributed by atoms with E-state index in [4.69, 9.17) is 5.11 Å². The Morgan fingerprint density at radius 3 is 2.58 bits per heavy atom. The van der Waals surface area contributed by atoms with Crippen LogP contribution in [0.25, 0.3) is 0 Å². The van der Waals surface area contributed by atoms with Crippen LogP contribution in [0.15, 0.2) is 18.2 Å². The van der Waals surface area contributed by atoms with Crippen LogP contribution in [0.3, 0.4) is 0 Å². The van der Waals surface area contributed by atoms with Gasteiger partial charge in [0, 0.05) is 12.6 Å². The van der Waals surface area contributed by atoms with Gasteiger partial charge < -0.3 is 20.6 Å². The standard InChI is InChI=1S/C11H14N2O6/c1-12-5-9(14)10(15)6-2-3-8(13(18)19)7(4-6)11(16)17/h2-4,9-10,12,14-15H,5H2,1H3,(H,16,17). The number of carbonyl (C=O) groups is 1. The first-order valence-corrected chi connectivity index (χ1v) is 5.40. The molecule has 1 aromatic carbocycles. The van der Waals surface area contributed by atoms with Gasteiger partial charge in [-0.25, -0.2) is 4.79 Å². The van der Waals surface area contributed by atoms with Crippen LogP contribution in [0, 0.1) is 10.1 Å². The van der Waals surface area contributed by atoms with Crippen LogP contribution in [0.1, 0.15) is 22.0 Å². The Morgan fingerprint density at radius 1 is 1.47 bits per heavy atom. The first-order valence-electron chi connectivity index (χ1n) is 5.40. The lowest BCUT2D eigenvalue weighted by Gasteiger charge is -2.18. The monoisotopic (exact) mass is 270 g/mol. The molecule has 1 rings (SSSR count). The Labute approximate surface area is 108 Å². The van der Waals surface area contributed by atoms with Gasteiger partial charge >= 0.3 is 5.97 Å².